The number of carboxylic acid groups (broad SMARTS) is 1. The minimum atomic E-state index is -1.66. The number of aliphatic hydroxyl groups excluding tert-OH is 1. The fraction of sp³-hybridized carbons (Fsp3) is 0.774. The van der Waals surface area contributed by atoms with Crippen molar-refractivity contribution in [3.8, 4) is 0 Å². The van der Waals surface area contributed by atoms with Crippen molar-refractivity contribution in [3.63, 3.8) is 0 Å². The number of esters is 1. The molecule has 0 radical (unpaired) electrons. The van der Waals surface area contributed by atoms with E-state index in [-0.39, 0.29) is 36.5 Å². The van der Waals surface area contributed by atoms with E-state index in [0.29, 0.717) is 31.1 Å². The van der Waals surface area contributed by atoms with Gasteiger partial charge in [0.2, 0.25) is 11.7 Å². The predicted molar refractivity (Wildman–Crippen MR) is 147 cm³/mol. The van der Waals surface area contributed by atoms with Gasteiger partial charge in [0.1, 0.15) is 5.60 Å². The lowest BCUT2D eigenvalue weighted by Crippen LogP contribution is -2.58. The zero-order valence-electron chi connectivity index (χ0n) is 24.7. The summed E-state index contributed by atoms with van der Waals surface area (Å²) in [6.07, 6.45) is 5.60. The summed E-state index contributed by atoms with van der Waals surface area (Å²) in [6, 6.07) is 0. The van der Waals surface area contributed by atoms with Crippen molar-refractivity contribution in [1.82, 2.24) is 5.32 Å². The molecule has 0 aromatic carbocycles. The maximum atomic E-state index is 13.4. The number of aliphatic hydroxyl groups is 2. The van der Waals surface area contributed by atoms with Gasteiger partial charge >= 0.3 is 11.9 Å². The van der Waals surface area contributed by atoms with Crippen LogP contribution >= 0.6 is 0 Å². The number of Topliss-reactive ketones (excluding diaryl/α,β-unsaturated/α-hetero) is 1. The van der Waals surface area contributed by atoms with E-state index < -0.39 is 52.8 Å². The van der Waals surface area contributed by atoms with Gasteiger partial charge in [-0.25, -0.2) is 4.79 Å². The van der Waals surface area contributed by atoms with Gasteiger partial charge in [0.25, 0.3) is 0 Å². The highest BCUT2D eigenvalue weighted by atomic mass is 16.5. The van der Waals surface area contributed by atoms with E-state index in [2.05, 4.69) is 12.2 Å². The van der Waals surface area contributed by atoms with Crippen LogP contribution in [0.5, 0.6) is 0 Å². The molecule has 7 atom stereocenters. The molecule has 4 N–H and O–H groups in total. The summed E-state index contributed by atoms with van der Waals surface area (Å²) < 4.78 is 5.19. The molecule has 0 bridgehead atoms. The summed E-state index contributed by atoms with van der Waals surface area (Å²) in [6.45, 7) is 6.63. The van der Waals surface area contributed by atoms with E-state index in [1.807, 2.05) is 13.0 Å². The predicted octanol–water partition coefficient (Wildman–Crippen LogP) is 2.73. The van der Waals surface area contributed by atoms with Crippen molar-refractivity contribution in [1.29, 1.82) is 0 Å². The summed E-state index contributed by atoms with van der Waals surface area (Å²) in [7, 11) is 0. The molecule has 4 rings (SSSR count). The first kappa shape index (κ1) is 31.3. The van der Waals surface area contributed by atoms with Gasteiger partial charge in [-0.15, -0.1) is 0 Å². The van der Waals surface area contributed by atoms with E-state index in [1.165, 1.54) is 19.4 Å². The molecule has 0 aromatic heterocycles. The topological polar surface area (TPSA) is 167 Å². The van der Waals surface area contributed by atoms with Gasteiger partial charge in [-0.1, -0.05) is 33.3 Å². The third-order valence-corrected chi connectivity index (χ3v) is 11.2. The molecule has 0 spiro atoms. The Morgan fingerprint density at radius 3 is 2.41 bits per heavy atom. The quantitative estimate of drug-likeness (QED) is 0.286. The van der Waals surface area contributed by atoms with Crippen molar-refractivity contribution in [2.75, 3.05) is 13.2 Å². The van der Waals surface area contributed by atoms with Crippen LogP contribution in [0, 0.1) is 34.0 Å². The van der Waals surface area contributed by atoms with Crippen LogP contribution in [0.4, 0.5) is 0 Å². The highest BCUT2D eigenvalue weighted by Gasteiger charge is 2.66. The number of hydrogen-bond donors (Lipinski definition) is 4. The van der Waals surface area contributed by atoms with Crippen LogP contribution < -0.4 is 5.32 Å². The maximum Gasteiger partial charge on any atom is 0.333 e. The number of fused-ring (bicyclic) bond motifs is 5. The second kappa shape index (κ2) is 11.2. The van der Waals surface area contributed by atoms with E-state index in [4.69, 9.17) is 9.84 Å². The summed E-state index contributed by atoms with van der Waals surface area (Å²) in [4.78, 5) is 60.9. The SMILES string of the molecule is CC(C)(CNC(=O)CCC(=O)OCC(=O)[C@@]1(O)CC[C@@H]2[C@@H]3CCC4=CC(=O)CC[C@]4(C)[C@@H]3CC[C@@]21C)[C@H](O)C(=O)O. The number of ketones is 2. The van der Waals surface area contributed by atoms with Crippen molar-refractivity contribution >= 4 is 29.4 Å². The van der Waals surface area contributed by atoms with Crippen molar-refractivity contribution in [2.24, 2.45) is 34.0 Å². The molecule has 4 aliphatic rings. The number of hydrogen-bond acceptors (Lipinski definition) is 8. The molecular weight excluding hydrogens is 530 g/mol. The summed E-state index contributed by atoms with van der Waals surface area (Å²) >= 11 is 0. The molecule has 41 heavy (non-hydrogen) atoms. The lowest BCUT2D eigenvalue weighted by Gasteiger charge is -2.58. The normalized spacial score (nSPS) is 35.3. The first-order valence-corrected chi connectivity index (χ1v) is 14.9. The monoisotopic (exact) mass is 575 g/mol. The Bertz CT molecular complexity index is 1140. The standard InChI is InChI=1S/C31H45NO9/c1-28(2,26(37)27(38)39)17-32-24(35)7-8-25(36)41-16-23(34)31(40)14-11-22-20-6-5-18-15-19(33)9-12-29(18,3)21(20)10-13-30(22,31)4/h15,20-22,26,37,40H,5-14,16-17H2,1-4H3,(H,32,35)(H,38,39)/t20-,21-,22-,26-,29+,30+,31+/m1/s1. The van der Waals surface area contributed by atoms with Crippen LogP contribution in [0.25, 0.3) is 0 Å². The number of nitrogens with one attached hydrogen (secondary N) is 1. The van der Waals surface area contributed by atoms with Crippen LogP contribution in [-0.4, -0.2) is 69.6 Å². The molecule has 0 saturated heterocycles. The highest BCUT2D eigenvalue weighted by Crippen LogP contribution is 2.67. The second-order valence-corrected chi connectivity index (χ2v) is 13.9. The fourth-order valence-corrected chi connectivity index (χ4v) is 8.43. The van der Waals surface area contributed by atoms with E-state index in [1.54, 1.807) is 0 Å². The number of amides is 1. The van der Waals surface area contributed by atoms with Crippen molar-refractivity contribution in [3.05, 3.63) is 11.6 Å². The average molecular weight is 576 g/mol. The van der Waals surface area contributed by atoms with E-state index >= 15 is 0 Å². The Morgan fingerprint density at radius 1 is 1.05 bits per heavy atom. The Balaban J connectivity index is 1.30. The van der Waals surface area contributed by atoms with Gasteiger partial charge < -0.3 is 25.4 Å². The van der Waals surface area contributed by atoms with Crippen LogP contribution in [0.1, 0.15) is 91.9 Å². The fourth-order valence-electron chi connectivity index (χ4n) is 8.43. The van der Waals surface area contributed by atoms with Gasteiger partial charge in [0.05, 0.1) is 6.42 Å². The molecule has 0 aromatic rings. The summed E-state index contributed by atoms with van der Waals surface area (Å²) in [5.74, 6) is -1.97. The molecule has 3 fully saturated rings. The first-order chi connectivity index (χ1) is 19.0. The van der Waals surface area contributed by atoms with Gasteiger partial charge in [0, 0.05) is 30.2 Å². The molecule has 0 unspecified atom stereocenters. The zero-order valence-corrected chi connectivity index (χ0v) is 24.7. The van der Waals surface area contributed by atoms with Crippen molar-refractivity contribution in [2.45, 2.75) is 104 Å². The van der Waals surface area contributed by atoms with Gasteiger partial charge in [0.15, 0.2) is 18.5 Å². The maximum absolute atomic E-state index is 13.4. The van der Waals surface area contributed by atoms with Crippen LogP contribution in [-0.2, 0) is 28.7 Å². The Kier molecular flexibility index (Phi) is 8.60. The van der Waals surface area contributed by atoms with E-state index in [0.717, 1.165) is 32.1 Å². The van der Waals surface area contributed by atoms with Crippen LogP contribution in [0.2, 0.25) is 0 Å². The number of carbonyl (C=O) groups excluding carboxylic acids is 4. The average Bonchev–Trinajstić information content (AvgIpc) is 3.20. The zero-order chi connectivity index (χ0) is 30.4. The summed E-state index contributed by atoms with van der Waals surface area (Å²) in [5, 5.41) is 33.0. The third kappa shape index (κ3) is 5.61. The number of carbonyl (C=O) groups is 5. The van der Waals surface area contributed by atoms with Crippen molar-refractivity contribution < 1.29 is 44.0 Å². The number of aliphatic carboxylic acids is 1. The minimum absolute atomic E-state index is 0.00347. The lowest BCUT2D eigenvalue weighted by atomic mass is 9.46. The second-order valence-electron chi connectivity index (χ2n) is 13.9. The highest BCUT2D eigenvalue weighted by molar-refractivity contribution is 5.92. The molecule has 10 heteroatoms. The summed E-state index contributed by atoms with van der Waals surface area (Å²) in [5.41, 5.74) is -2.05. The largest absolute Gasteiger partial charge is 0.479 e. The third-order valence-electron chi connectivity index (χ3n) is 11.2. The molecule has 0 aliphatic heterocycles. The smallest absolute Gasteiger partial charge is 0.333 e. The Labute approximate surface area is 241 Å². The Hall–Kier alpha value is -2.59. The van der Waals surface area contributed by atoms with Gasteiger partial charge in [-0.05, 0) is 74.2 Å². The molecule has 4 aliphatic carbocycles. The molecular formula is C31H45NO9. The molecule has 1 amide bonds. The number of rotatable bonds is 10. The molecule has 228 valence electrons. The van der Waals surface area contributed by atoms with Gasteiger partial charge in [-0.3, -0.25) is 19.2 Å². The Morgan fingerprint density at radius 2 is 1.73 bits per heavy atom. The molecule has 10 nitrogen and oxygen atoms in total. The number of carboxylic acids is 1. The molecule has 3 saturated carbocycles. The number of ether oxygens (including phenoxy) is 1. The minimum Gasteiger partial charge on any atom is -0.479 e. The van der Waals surface area contributed by atoms with Crippen LogP contribution in [0.3, 0.4) is 0 Å². The van der Waals surface area contributed by atoms with Crippen LogP contribution in [0.15, 0.2) is 11.6 Å². The van der Waals surface area contributed by atoms with Gasteiger partial charge in [-0.2, -0.15) is 0 Å². The lowest BCUT2D eigenvalue weighted by molar-refractivity contribution is -0.170. The number of allylic oxidation sites excluding steroid dienone is 1. The molecule has 0 heterocycles. The first-order valence-electron chi connectivity index (χ1n) is 14.9. The van der Waals surface area contributed by atoms with E-state index in [9.17, 15) is 34.2 Å².